The van der Waals surface area contributed by atoms with Crippen LogP contribution < -0.4 is 0 Å². The molecule has 4 aromatic rings. The highest BCUT2D eigenvalue weighted by atomic mass is 14.7. The van der Waals surface area contributed by atoms with Crippen LogP contribution in [0.4, 0.5) is 0 Å². The van der Waals surface area contributed by atoms with E-state index in [9.17, 15) is 0 Å². The number of benzene rings is 3. The number of aryl methyl sites for hydroxylation is 1. The molecule has 0 spiro atoms. The van der Waals surface area contributed by atoms with Gasteiger partial charge in [0, 0.05) is 17.1 Å². The zero-order valence-corrected chi connectivity index (χ0v) is 16.3. The highest BCUT2D eigenvalue weighted by Crippen LogP contribution is 2.47. The molecule has 1 aliphatic carbocycles. The van der Waals surface area contributed by atoms with Crippen molar-refractivity contribution < 1.29 is 0 Å². The van der Waals surface area contributed by atoms with Crippen molar-refractivity contribution >= 4 is 10.8 Å². The second-order valence-corrected chi connectivity index (χ2v) is 8.63. The maximum absolute atomic E-state index is 4.82. The van der Waals surface area contributed by atoms with Crippen LogP contribution in [0.3, 0.4) is 0 Å². The summed E-state index contributed by atoms with van der Waals surface area (Å²) in [4.78, 5) is 4.82. The van der Waals surface area contributed by atoms with Gasteiger partial charge in [0.2, 0.25) is 0 Å². The van der Waals surface area contributed by atoms with Gasteiger partial charge in [0.25, 0.3) is 0 Å². The Kier molecular flexibility index (Phi) is 3.33. The summed E-state index contributed by atoms with van der Waals surface area (Å²) < 4.78 is 0. The predicted octanol–water partition coefficient (Wildman–Crippen LogP) is 7.16. The first-order chi connectivity index (χ1) is 12.9. The summed E-state index contributed by atoms with van der Waals surface area (Å²) in [6.45, 7) is 9.01. The summed E-state index contributed by atoms with van der Waals surface area (Å²) in [5.74, 6) is 0. The number of nitrogens with zero attached hydrogens (tertiary/aromatic N) is 1. The molecule has 0 saturated heterocycles. The van der Waals surface area contributed by atoms with Gasteiger partial charge in [-0.1, -0.05) is 69.3 Å². The molecular formula is C26H23N. The first-order valence-corrected chi connectivity index (χ1v) is 9.57. The first-order valence-electron chi connectivity index (χ1n) is 9.57. The Balaban J connectivity index is 2.00. The molecule has 0 aliphatic heterocycles. The smallest absolute Gasteiger partial charge is 0.0792 e. The van der Waals surface area contributed by atoms with Crippen molar-refractivity contribution in [3.05, 3.63) is 78.0 Å². The van der Waals surface area contributed by atoms with Crippen molar-refractivity contribution in [3.8, 4) is 33.5 Å². The zero-order valence-electron chi connectivity index (χ0n) is 16.3. The fraction of sp³-hybridized carbons (Fsp3) is 0.192. The molecule has 0 atom stereocenters. The molecule has 1 heterocycles. The molecule has 132 valence electrons. The summed E-state index contributed by atoms with van der Waals surface area (Å²) >= 11 is 0. The SMILES string of the molecule is Cc1cc2c3c(nccc3c1)-c1ccccc1-c1cc(C(C)(C)C)ccc1-2. The zero-order chi connectivity index (χ0) is 18.8. The van der Waals surface area contributed by atoms with E-state index in [2.05, 4.69) is 88.4 Å². The normalized spacial score (nSPS) is 12.4. The summed E-state index contributed by atoms with van der Waals surface area (Å²) in [5, 5.41) is 2.52. The Labute approximate surface area is 160 Å². The molecule has 0 radical (unpaired) electrons. The maximum Gasteiger partial charge on any atom is 0.0792 e. The lowest BCUT2D eigenvalue weighted by Gasteiger charge is -2.22. The lowest BCUT2D eigenvalue weighted by Crippen LogP contribution is -2.11. The van der Waals surface area contributed by atoms with E-state index in [0.717, 1.165) is 5.69 Å². The number of fused-ring (bicyclic) bond motifs is 5. The molecule has 5 rings (SSSR count). The van der Waals surface area contributed by atoms with E-state index < -0.39 is 0 Å². The van der Waals surface area contributed by atoms with Crippen LogP contribution in [0.1, 0.15) is 31.9 Å². The fourth-order valence-corrected chi connectivity index (χ4v) is 4.28. The summed E-state index contributed by atoms with van der Waals surface area (Å²) in [5.41, 5.74) is 10.2. The molecule has 1 aliphatic rings. The van der Waals surface area contributed by atoms with Gasteiger partial charge < -0.3 is 0 Å². The molecule has 1 heteroatoms. The number of rotatable bonds is 0. The van der Waals surface area contributed by atoms with Crippen LogP contribution in [0.25, 0.3) is 44.3 Å². The van der Waals surface area contributed by atoms with Gasteiger partial charge in [-0.05, 0) is 63.2 Å². The quantitative estimate of drug-likeness (QED) is 0.289. The molecule has 0 fully saturated rings. The second-order valence-electron chi connectivity index (χ2n) is 8.63. The number of pyridine rings is 1. The third kappa shape index (κ3) is 2.42. The summed E-state index contributed by atoms with van der Waals surface area (Å²) in [7, 11) is 0. The third-order valence-corrected chi connectivity index (χ3v) is 5.66. The average molecular weight is 349 g/mol. The highest BCUT2D eigenvalue weighted by Gasteiger charge is 2.24. The van der Waals surface area contributed by atoms with E-state index in [1.807, 2.05) is 6.20 Å². The van der Waals surface area contributed by atoms with Crippen molar-refractivity contribution in [2.75, 3.05) is 0 Å². The van der Waals surface area contributed by atoms with Gasteiger partial charge in [-0.2, -0.15) is 0 Å². The van der Waals surface area contributed by atoms with E-state index in [1.54, 1.807) is 0 Å². The van der Waals surface area contributed by atoms with Crippen molar-refractivity contribution in [1.82, 2.24) is 4.98 Å². The van der Waals surface area contributed by atoms with Crippen molar-refractivity contribution in [2.45, 2.75) is 33.1 Å². The van der Waals surface area contributed by atoms with E-state index >= 15 is 0 Å². The summed E-state index contributed by atoms with van der Waals surface area (Å²) in [6.07, 6.45) is 1.94. The molecule has 0 amide bonds. The van der Waals surface area contributed by atoms with Crippen LogP contribution in [0, 0.1) is 6.92 Å². The lowest BCUT2D eigenvalue weighted by atomic mass is 9.83. The van der Waals surface area contributed by atoms with E-state index in [1.165, 1.54) is 49.7 Å². The fourth-order valence-electron chi connectivity index (χ4n) is 4.28. The topological polar surface area (TPSA) is 12.9 Å². The standard InChI is InChI=1S/C26H23N/c1-16-13-17-11-12-27-25-21-8-6-5-7-19(21)22-15-18(26(2,3)4)9-10-20(22)23(14-16)24(17)25/h5-15H,1-4H3. The largest absolute Gasteiger partial charge is 0.256 e. The van der Waals surface area contributed by atoms with Gasteiger partial charge in [0.1, 0.15) is 0 Å². The Morgan fingerprint density at radius 1 is 0.704 bits per heavy atom. The molecule has 1 aromatic heterocycles. The van der Waals surface area contributed by atoms with Gasteiger partial charge in [-0.15, -0.1) is 0 Å². The molecule has 0 N–H and O–H groups in total. The van der Waals surface area contributed by atoms with Gasteiger partial charge in [0.05, 0.1) is 5.69 Å². The molecule has 27 heavy (non-hydrogen) atoms. The van der Waals surface area contributed by atoms with Gasteiger partial charge in [0.15, 0.2) is 0 Å². The second kappa shape index (κ2) is 5.53. The Hall–Kier alpha value is -2.93. The highest BCUT2D eigenvalue weighted by molar-refractivity contribution is 6.12. The van der Waals surface area contributed by atoms with E-state index in [4.69, 9.17) is 4.98 Å². The van der Waals surface area contributed by atoms with Crippen LogP contribution in [-0.4, -0.2) is 4.98 Å². The third-order valence-electron chi connectivity index (χ3n) is 5.66. The van der Waals surface area contributed by atoms with E-state index in [-0.39, 0.29) is 5.41 Å². The van der Waals surface area contributed by atoms with E-state index in [0.29, 0.717) is 0 Å². The van der Waals surface area contributed by atoms with Crippen LogP contribution >= 0.6 is 0 Å². The lowest BCUT2D eigenvalue weighted by molar-refractivity contribution is 0.590. The maximum atomic E-state index is 4.82. The van der Waals surface area contributed by atoms with Crippen LogP contribution in [-0.2, 0) is 5.41 Å². The van der Waals surface area contributed by atoms with Gasteiger partial charge in [-0.3, -0.25) is 4.98 Å². The van der Waals surface area contributed by atoms with Crippen molar-refractivity contribution in [2.24, 2.45) is 0 Å². The molecule has 0 bridgehead atoms. The first kappa shape index (κ1) is 16.3. The Morgan fingerprint density at radius 3 is 2.22 bits per heavy atom. The Bertz CT molecular complexity index is 1210. The van der Waals surface area contributed by atoms with Crippen LogP contribution in [0.5, 0.6) is 0 Å². The van der Waals surface area contributed by atoms with Crippen LogP contribution in [0.15, 0.2) is 66.9 Å². The minimum atomic E-state index is 0.114. The van der Waals surface area contributed by atoms with Crippen molar-refractivity contribution in [3.63, 3.8) is 0 Å². The number of aromatic nitrogens is 1. The van der Waals surface area contributed by atoms with Gasteiger partial charge in [-0.25, -0.2) is 0 Å². The van der Waals surface area contributed by atoms with Gasteiger partial charge >= 0.3 is 0 Å². The number of hydrogen-bond acceptors (Lipinski definition) is 1. The van der Waals surface area contributed by atoms with Crippen LogP contribution in [0.2, 0.25) is 0 Å². The summed E-state index contributed by atoms with van der Waals surface area (Å²) in [6, 6.07) is 22.4. The predicted molar refractivity (Wildman–Crippen MR) is 115 cm³/mol. The molecule has 3 aromatic carbocycles. The molecule has 0 unspecified atom stereocenters. The monoisotopic (exact) mass is 349 g/mol. The minimum Gasteiger partial charge on any atom is -0.256 e. The average Bonchev–Trinajstić information content (AvgIpc) is 2.76. The number of hydrogen-bond donors (Lipinski definition) is 0. The Morgan fingerprint density at radius 2 is 1.44 bits per heavy atom. The minimum absolute atomic E-state index is 0.114. The molecule has 0 saturated carbocycles. The molecular weight excluding hydrogens is 326 g/mol. The van der Waals surface area contributed by atoms with Crippen molar-refractivity contribution in [1.29, 1.82) is 0 Å². The molecule has 1 nitrogen and oxygen atoms in total.